The SMILES string of the molecule is O=C1OC[C@H]2O[C@H](O)C(F)(F)[C@@H]2OC(=O)c2cccc1c2. The Morgan fingerprint density at radius 2 is 1.86 bits per heavy atom. The molecule has 1 fully saturated rings. The molecule has 1 saturated heterocycles. The van der Waals surface area contributed by atoms with E-state index in [9.17, 15) is 23.5 Å². The Morgan fingerprint density at radius 1 is 1.19 bits per heavy atom. The van der Waals surface area contributed by atoms with Crippen molar-refractivity contribution in [1.82, 2.24) is 0 Å². The first-order valence-electron chi connectivity index (χ1n) is 6.09. The topological polar surface area (TPSA) is 82.1 Å². The minimum Gasteiger partial charge on any atom is -0.459 e. The number of ether oxygens (including phenoxy) is 3. The Labute approximate surface area is 117 Å². The average molecular weight is 300 g/mol. The number of fused-ring (bicyclic) bond motifs is 3. The summed E-state index contributed by atoms with van der Waals surface area (Å²) in [6.07, 6.45) is -5.90. The summed E-state index contributed by atoms with van der Waals surface area (Å²) in [5.41, 5.74) is 0.0236. The molecule has 0 amide bonds. The quantitative estimate of drug-likeness (QED) is 0.712. The highest BCUT2D eigenvalue weighted by Crippen LogP contribution is 2.38. The van der Waals surface area contributed by atoms with E-state index in [4.69, 9.17) is 9.47 Å². The van der Waals surface area contributed by atoms with Gasteiger partial charge >= 0.3 is 17.9 Å². The number of hydrogen-bond acceptors (Lipinski definition) is 6. The van der Waals surface area contributed by atoms with Gasteiger partial charge in [0.2, 0.25) is 6.29 Å². The van der Waals surface area contributed by atoms with Crippen molar-refractivity contribution >= 4 is 11.9 Å². The molecule has 0 radical (unpaired) electrons. The fourth-order valence-electron chi connectivity index (χ4n) is 2.19. The van der Waals surface area contributed by atoms with Crippen molar-refractivity contribution in [2.45, 2.75) is 24.4 Å². The normalized spacial score (nSPS) is 31.1. The fourth-order valence-corrected chi connectivity index (χ4v) is 2.19. The number of rotatable bonds is 0. The fraction of sp³-hybridized carbons (Fsp3) is 0.385. The maximum absolute atomic E-state index is 13.8. The van der Waals surface area contributed by atoms with Gasteiger partial charge in [-0.15, -0.1) is 0 Å². The molecule has 3 rings (SSSR count). The van der Waals surface area contributed by atoms with Crippen LogP contribution in [-0.4, -0.2) is 48.1 Å². The van der Waals surface area contributed by atoms with Gasteiger partial charge in [0.1, 0.15) is 12.7 Å². The third-order valence-corrected chi connectivity index (χ3v) is 3.30. The van der Waals surface area contributed by atoms with Gasteiger partial charge in [0, 0.05) is 0 Å². The Bertz CT molecular complexity index is 602. The third kappa shape index (κ3) is 2.26. The smallest absolute Gasteiger partial charge is 0.338 e. The number of carbonyl (C=O) groups is 2. The maximum atomic E-state index is 13.8. The first-order valence-corrected chi connectivity index (χ1v) is 6.09. The van der Waals surface area contributed by atoms with Crippen LogP contribution in [0.15, 0.2) is 24.3 Å². The number of halogens is 2. The second-order valence-electron chi connectivity index (χ2n) is 4.71. The molecule has 0 spiro atoms. The average Bonchev–Trinajstić information content (AvgIpc) is 2.67. The second kappa shape index (κ2) is 4.74. The summed E-state index contributed by atoms with van der Waals surface area (Å²) in [5.74, 6) is -5.60. The highest BCUT2D eigenvalue weighted by molar-refractivity contribution is 5.95. The molecule has 1 aromatic rings. The van der Waals surface area contributed by atoms with Crippen LogP contribution >= 0.6 is 0 Å². The zero-order chi connectivity index (χ0) is 15.2. The van der Waals surface area contributed by atoms with Crippen molar-refractivity contribution < 1.29 is 37.7 Å². The molecule has 112 valence electrons. The number of aliphatic hydroxyl groups is 1. The van der Waals surface area contributed by atoms with Crippen LogP contribution < -0.4 is 0 Å². The summed E-state index contributed by atoms with van der Waals surface area (Å²) >= 11 is 0. The van der Waals surface area contributed by atoms with Crippen LogP contribution in [0.5, 0.6) is 0 Å². The molecule has 8 heteroatoms. The highest BCUT2D eigenvalue weighted by Gasteiger charge is 2.61. The lowest BCUT2D eigenvalue weighted by Crippen LogP contribution is -2.44. The number of hydrogen-bond donors (Lipinski definition) is 1. The summed E-state index contributed by atoms with van der Waals surface area (Å²) in [6, 6.07) is 5.33. The Morgan fingerprint density at radius 3 is 2.57 bits per heavy atom. The van der Waals surface area contributed by atoms with Crippen LogP contribution in [0.2, 0.25) is 0 Å². The highest BCUT2D eigenvalue weighted by atomic mass is 19.3. The van der Waals surface area contributed by atoms with E-state index in [2.05, 4.69) is 4.74 Å². The summed E-state index contributed by atoms with van der Waals surface area (Å²) in [5, 5.41) is 9.21. The molecule has 1 N–H and O–H groups in total. The lowest BCUT2D eigenvalue weighted by atomic mass is 10.1. The van der Waals surface area contributed by atoms with Crippen molar-refractivity contribution in [1.29, 1.82) is 0 Å². The zero-order valence-electron chi connectivity index (χ0n) is 10.5. The molecule has 0 saturated carbocycles. The van der Waals surface area contributed by atoms with Crippen molar-refractivity contribution in [3.63, 3.8) is 0 Å². The molecule has 1 aromatic carbocycles. The van der Waals surface area contributed by atoms with Crippen LogP contribution in [0.1, 0.15) is 20.7 Å². The number of aliphatic hydroxyl groups excluding tert-OH is 1. The molecule has 2 aliphatic rings. The molecule has 6 nitrogen and oxygen atoms in total. The van der Waals surface area contributed by atoms with E-state index in [1.807, 2.05) is 0 Å². The first-order chi connectivity index (χ1) is 9.89. The summed E-state index contributed by atoms with van der Waals surface area (Å²) in [4.78, 5) is 23.6. The van der Waals surface area contributed by atoms with Gasteiger partial charge < -0.3 is 19.3 Å². The predicted octanol–water partition coefficient (Wildman–Crippen LogP) is 0.735. The van der Waals surface area contributed by atoms with Gasteiger partial charge in [-0.25, -0.2) is 9.59 Å². The molecular weight excluding hydrogens is 290 g/mol. The molecule has 21 heavy (non-hydrogen) atoms. The standard InChI is InChI=1S/C13H10F2O6/c14-13(15)9-8(20-12(13)18)5-19-10(16)6-2-1-3-7(4-6)11(17)21-9/h1-4,8-9,12,18H,5H2/t8-,9-,12+/m1/s1. The lowest BCUT2D eigenvalue weighted by molar-refractivity contribution is -0.199. The van der Waals surface area contributed by atoms with E-state index in [-0.39, 0.29) is 11.1 Å². The van der Waals surface area contributed by atoms with Crippen LogP contribution in [0.3, 0.4) is 0 Å². The van der Waals surface area contributed by atoms with Crippen LogP contribution in [-0.2, 0) is 14.2 Å². The van der Waals surface area contributed by atoms with Gasteiger partial charge in [-0.1, -0.05) is 6.07 Å². The largest absolute Gasteiger partial charge is 0.459 e. The Kier molecular flexibility index (Phi) is 3.14. The van der Waals surface area contributed by atoms with Crippen molar-refractivity contribution in [2.75, 3.05) is 6.61 Å². The van der Waals surface area contributed by atoms with E-state index >= 15 is 0 Å². The molecule has 2 bridgehead atoms. The third-order valence-electron chi connectivity index (χ3n) is 3.30. The van der Waals surface area contributed by atoms with Crippen LogP contribution in [0.25, 0.3) is 0 Å². The maximum Gasteiger partial charge on any atom is 0.338 e. The molecule has 0 unspecified atom stereocenters. The number of esters is 2. The van der Waals surface area contributed by atoms with E-state index < -0.39 is 43.0 Å². The molecule has 0 aromatic heterocycles. The predicted molar refractivity (Wildman–Crippen MR) is 61.8 cm³/mol. The molecule has 0 aliphatic carbocycles. The van der Waals surface area contributed by atoms with Gasteiger partial charge in [0.25, 0.3) is 0 Å². The molecule has 2 heterocycles. The van der Waals surface area contributed by atoms with Crippen molar-refractivity contribution in [2.24, 2.45) is 0 Å². The molecule has 3 atom stereocenters. The van der Waals surface area contributed by atoms with E-state index in [1.165, 1.54) is 24.3 Å². The second-order valence-corrected chi connectivity index (χ2v) is 4.71. The minimum atomic E-state index is -3.79. The van der Waals surface area contributed by atoms with Crippen LogP contribution in [0.4, 0.5) is 8.78 Å². The van der Waals surface area contributed by atoms with Gasteiger partial charge in [-0.3, -0.25) is 0 Å². The van der Waals surface area contributed by atoms with Crippen molar-refractivity contribution in [3.8, 4) is 0 Å². The number of cyclic esters (lactones) is 1. The summed E-state index contributed by atoms with van der Waals surface area (Å²) in [6.45, 7) is -0.562. The Hall–Kier alpha value is -2.06. The minimum absolute atomic E-state index is 0.0673. The lowest BCUT2D eigenvalue weighted by Gasteiger charge is -2.23. The Balaban J connectivity index is 1.99. The number of carbonyl (C=O) groups excluding carboxylic acids is 2. The van der Waals surface area contributed by atoms with Gasteiger partial charge in [0.05, 0.1) is 11.1 Å². The van der Waals surface area contributed by atoms with Gasteiger partial charge in [-0.05, 0) is 18.2 Å². The molecular formula is C13H10F2O6. The first kappa shape index (κ1) is 13.9. The van der Waals surface area contributed by atoms with E-state index in [1.54, 1.807) is 0 Å². The number of benzene rings is 1. The van der Waals surface area contributed by atoms with Crippen molar-refractivity contribution in [3.05, 3.63) is 35.4 Å². The summed E-state index contributed by atoms with van der Waals surface area (Å²) < 4.78 is 41.8. The van der Waals surface area contributed by atoms with Crippen LogP contribution in [0, 0.1) is 0 Å². The molecule has 2 aliphatic heterocycles. The summed E-state index contributed by atoms with van der Waals surface area (Å²) in [7, 11) is 0. The zero-order valence-corrected chi connectivity index (χ0v) is 10.5. The van der Waals surface area contributed by atoms with E-state index in [0.717, 1.165) is 0 Å². The van der Waals surface area contributed by atoms with Gasteiger partial charge in [-0.2, -0.15) is 8.78 Å². The monoisotopic (exact) mass is 300 g/mol. The van der Waals surface area contributed by atoms with E-state index in [0.29, 0.717) is 0 Å². The number of alkyl halides is 2. The van der Waals surface area contributed by atoms with Gasteiger partial charge in [0.15, 0.2) is 6.10 Å².